The van der Waals surface area contributed by atoms with Gasteiger partial charge in [0.05, 0.1) is 27.3 Å². The van der Waals surface area contributed by atoms with Crippen molar-refractivity contribution in [3.63, 3.8) is 0 Å². The van der Waals surface area contributed by atoms with Crippen molar-refractivity contribution in [2.24, 2.45) is 0 Å². The Morgan fingerprint density at radius 1 is 0.769 bits per heavy atom. The molecule has 3 aromatic carbocycles. The highest BCUT2D eigenvalue weighted by atomic mass is 16.6. The molecule has 0 radical (unpaired) electrons. The van der Waals surface area contributed by atoms with Gasteiger partial charge in [0.25, 0.3) is 5.69 Å². The summed E-state index contributed by atoms with van der Waals surface area (Å²) in [4.78, 5) is 19.8. The molecule has 0 aliphatic carbocycles. The zero-order chi connectivity index (χ0) is 18.1. The van der Waals surface area contributed by atoms with E-state index in [0.717, 1.165) is 11.1 Å². The smallest absolute Gasteiger partial charge is 0.269 e. The van der Waals surface area contributed by atoms with Crippen LogP contribution in [0.4, 0.5) is 5.69 Å². The fourth-order valence-corrected chi connectivity index (χ4v) is 2.78. The highest BCUT2D eigenvalue weighted by molar-refractivity contribution is 5.86. The SMILES string of the molecule is O=[N+]([O-])c1ccc(-c2nc3ccc(O)cc3nc2-c2ccccc2)cc1. The number of aromatic nitrogens is 2. The maximum atomic E-state index is 10.9. The molecule has 0 aliphatic heterocycles. The Hall–Kier alpha value is -3.80. The van der Waals surface area contributed by atoms with Crippen molar-refractivity contribution in [2.75, 3.05) is 0 Å². The standard InChI is InChI=1S/C20H13N3O3/c24-16-10-11-17-18(12-16)22-19(13-4-2-1-3-5-13)20(21-17)14-6-8-15(9-7-14)23(25)26/h1-12,24H. The second kappa shape index (κ2) is 6.25. The number of phenols is 1. The third-order valence-electron chi connectivity index (χ3n) is 4.05. The van der Waals surface area contributed by atoms with E-state index in [0.29, 0.717) is 22.4 Å². The number of fused-ring (bicyclic) bond motifs is 1. The molecule has 0 amide bonds. The summed E-state index contributed by atoms with van der Waals surface area (Å²) in [6.45, 7) is 0. The van der Waals surface area contributed by atoms with Crippen LogP contribution in [0.5, 0.6) is 5.75 Å². The molecule has 1 N–H and O–H groups in total. The lowest BCUT2D eigenvalue weighted by molar-refractivity contribution is -0.384. The molecule has 0 fully saturated rings. The lowest BCUT2D eigenvalue weighted by atomic mass is 10.0. The van der Waals surface area contributed by atoms with Crippen LogP contribution in [0.15, 0.2) is 72.8 Å². The van der Waals surface area contributed by atoms with E-state index in [1.807, 2.05) is 30.3 Å². The molecule has 1 heterocycles. The summed E-state index contributed by atoms with van der Waals surface area (Å²) in [6, 6.07) is 20.6. The van der Waals surface area contributed by atoms with E-state index < -0.39 is 4.92 Å². The van der Waals surface area contributed by atoms with Crippen LogP contribution in [0.3, 0.4) is 0 Å². The monoisotopic (exact) mass is 343 g/mol. The summed E-state index contributed by atoms with van der Waals surface area (Å²) in [5.41, 5.74) is 4.12. The molecule has 0 saturated carbocycles. The van der Waals surface area contributed by atoms with Crippen molar-refractivity contribution < 1.29 is 10.0 Å². The number of rotatable bonds is 3. The van der Waals surface area contributed by atoms with Crippen molar-refractivity contribution in [3.05, 3.63) is 82.9 Å². The second-order valence-electron chi connectivity index (χ2n) is 5.76. The predicted molar refractivity (Wildman–Crippen MR) is 98.7 cm³/mol. The van der Waals surface area contributed by atoms with Gasteiger partial charge in [-0.05, 0) is 24.3 Å². The molecule has 0 atom stereocenters. The highest BCUT2D eigenvalue weighted by Gasteiger charge is 2.14. The number of benzene rings is 3. The zero-order valence-corrected chi connectivity index (χ0v) is 13.5. The van der Waals surface area contributed by atoms with Crippen LogP contribution in [0.2, 0.25) is 0 Å². The highest BCUT2D eigenvalue weighted by Crippen LogP contribution is 2.32. The lowest BCUT2D eigenvalue weighted by Crippen LogP contribution is -1.96. The van der Waals surface area contributed by atoms with Gasteiger partial charge in [-0.25, -0.2) is 9.97 Å². The molecule has 4 aromatic rings. The summed E-state index contributed by atoms with van der Waals surface area (Å²) < 4.78 is 0. The molecule has 126 valence electrons. The molecule has 0 bridgehead atoms. The Balaban J connectivity index is 1.97. The van der Waals surface area contributed by atoms with Crippen LogP contribution in [0.1, 0.15) is 0 Å². The fourth-order valence-electron chi connectivity index (χ4n) is 2.78. The van der Waals surface area contributed by atoms with Gasteiger partial charge >= 0.3 is 0 Å². The number of non-ortho nitro benzene ring substituents is 1. The minimum Gasteiger partial charge on any atom is -0.508 e. The molecule has 6 heteroatoms. The maximum absolute atomic E-state index is 10.9. The van der Waals surface area contributed by atoms with Crippen molar-refractivity contribution in [3.8, 4) is 28.3 Å². The van der Waals surface area contributed by atoms with E-state index in [-0.39, 0.29) is 11.4 Å². The zero-order valence-electron chi connectivity index (χ0n) is 13.5. The number of hydrogen-bond acceptors (Lipinski definition) is 5. The van der Waals surface area contributed by atoms with E-state index in [4.69, 9.17) is 4.98 Å². The maximum Gasteiger partial charge on any atom is 0.269 e. The van der Waals surface area contributed by atoms with Gasteiger partial charge in [0.2, 0.25) is 0 Å². The molecule has 6 nitrogen and oxygen atoms in total. The van der Waals surface area contributed by atoms with Crippen LogP contribution in [0, 0.1) is 10.1 Å². The molecular weight excluding hydrogens is 330 g/mol. The average molecular weight is 343 g/mol. The van der Waals surface area contributed by atoms with Gasteiger partial charge in [-0.2, -0.15) is 0 Å². The second-order valence-corrected chi connectivity index (χ2v) is 5.76. The largest absolute Gasteiger partial charge is 0.508 e. The van der Waals surface area contributed by atoms with Crippen LogP contribution >= 0.6 is 0 Å². The Morgan fingerprint density at radius 2 is 1.38 bits per heavy atom. The average Bonchev–Trinajstić information content (AvgIpc) is 2.67. The number of nitrogens with zero attached hydrogens (tertiary/aromatic N) is 3. The first-order chi connectivity index (χ1) is 12.6. The van der Waals surface area contributed by atoms with Gasteiger partial charge in [0.1, 0.15) is 5.75 Å². The first kappa shape index (κ1) is 15.7. The van der Waals surface area contributed by atoms with Crippen LogP contribution in [-0.2, 0) is 0 Å². The van der Waals surface area contributed by atoms with Gasteiger partial charge in [-0.15, -0.1) is 0 Å². The van der Waals surface area contributed by atoms with Crippen LogP contribution in [0.25, 0.3) is 33.5 Å². The molecule has 0 spiro atoms. The number of phenolic OH excluding ortho intramolecular Hbond substituents is 1. The fraction of sp³-hybridized carbons (Fsp3) is 0. The first-order valence-electron chi connectivity index (χ1n) is 7.93. The molecule has 0 saturated heterocycles. The summed E-state index contributed by atoms with van der Waals surface area (Å²) in [6.07, 6.45) is 0. The molecule has 0 unspecified atom stereocenters. The number of nitro benzene ring substituents is 1. The quantitative estimate of drug-likeness (QED) is 0.434. The molecular formula is C20H13N3O3. The molecule has 0 aliphatic rings. The summed E-state index contributed by atoms with van der Waals surface area (Å²) in [5.74, 6) is 0.119. The third-order valence-corrected chi connectivity index (χ3v) is 4.05. The van der Waals surface area contributed by atoms with E-state index in [9.17, 15) is 15.2 Å². The van der Waals surface area contributed by atoms with Crippen LogP contribution in [-0.4, -0.2) is 20.0 Å². The first-order valence-corrected chi connectivity index (χ1v) is 7.93. The van der Waals surface area contributed by atoms with Crippen molar-refractivity contribution in [1.29, 1.82) is 0 Å². The molecule has 26 heavy (non-hydrogen) atoms. The molecule has 4 rings (SSSR count). The summed E-state index contributed by atoms with van der Waals surface area (Å²) >= 11 is 0. The predicted octanol–water partition coefficient (Wildman–Crippen LogP) is 4.58. The van der Waals surface area contributed by atoms with Crippen molar-refractivity contribution in [1.82, 2.24) is 9.97 Å². The number of hydrogen-bond donors (Lipinski definition) is 1. The van der Waals surface area contributed by atoms with E-state index in [2.05, 4.69) is 4.98 Å². The Morgan fingerprint density at radius 3 is 2.04 bits per heavy atom. The van der Waals surface area contributed by atoms with Gasteiger partial charge in [0, 0.05) is 29.3 Å². The van der Waals surface area contributed by atoms with Crippen molar-refractivity contribution in [2.45, 2.75) is 0 Å². The van der Waals surface area contributed by atoms with Gasteiger partial charge in [0.15, 0.2) is 0 Å². The van der Waals surface area contributed by atoms with E-state index in [1.165, 1.54) is 12.1 Å². The molecule has 1 aromatic heterocycles. The van der Waals surface area contributed by atoms with E-state index >= 15 is 0 Å². The van der Waals surface area contributed by atoms with Gasteiger partial charge < -0.3 is 5.11 Å². The minimum absolute atomic E-state index is 0.0219. The van der Waals surface area contributed by atoms with E-state index in [1.54, 1.807) is 30.3 Å². The number of aromatic hydroxyl groups is 1. The lowest BCUT2D eigenvalue weighted by Gasteiger charge is -2.10. The third kappa shape index (κ3) is 2.84. The van der Waals surface area contributed by atoms with Crippen LogP contribution < -0.4 is 0 Å². The summed E-state index contributed by atoms with van der Waals surface area (Å²) in [5, 5.41) is 20.6. The Kier molecular flexibility index (Phi) is 3.78. The normalized spacial score (nSPS) is 10.8. The number of nitro groups is 1. The van der Waals surface area contributed by atoms with Gasteiger partial charge in [-0.3, -0.25) is 10.1 Å². The Bertz CT molecular complexity index is 1110. The minimum atomic E-state index is -0.434. The summed E-state index contributed by atoms with van der Waals surface area (Å²) in [7, 11) is 0. The van der Waals surface area contributed by atoms with Gasteiger partial charge in [-0.1, -0.05) is 30.3 Å². The van der Waals surface area contributed by atoms with Crippen molar-refractivity contribution >= 4 is 16.7 Å². The topological polar surface area (TPSA) is 89.2 Å². The Labute approximate surface area is 148 Å².